The van der Waals surface area contributed by atoms with Crippen molar-refractivity contribution in [3.05, 3.63) is 36.0 Å². The van der Waals surface area contributed by atoms with Crippen molar-refractivity contribution < 1.29 is 4.74 Å². The first kappa shape index (κ1) is 12.4. The van der Waals surface area contributed by atoms with Crippen LogP contribution in [0.3, 0.4) is 0 Å². The lowest BCUT2D eigenvalue weighted by atomic mass is 10.1. The van der Waals surface area contributed by atoms with E-state index in [1.54, 1.807) is 0 Å². The molecule has 0 amide bonds. The average Bonchev–Trinajstić information content (AvgIpc) is 3.25. The second-order valence-electron chi connectivity index (χ2n) is 5.25. The molecule has 2 aromatic rings. The molecule has 1 aromatic carbocycles. The summed E-state index contributed by atoms with van der Waals surface area (Å²) >= 11 is 0. The molecule has 100 valence electrons. The summed E-state index contributed by atoms with van der Waals surface area (Å²) in [4.78, 5) is 4.48. The molecule has 0 atom stereocenters. The molecule has 0 bridgehead atoms. The van der Waals surface area contributed by atoms with Crippen LogP contribution in [0.15, 0.2) is 30.5 Å². The standard InChI is InChI=1S/C16H20N2O/c1-17-10-13-11-18-16(19-9-8-12-6-7-12)15-5-3-2-4-14(13)15/h2-5,11-12,17H,6-10H2,1H3. The average molecular weight is 256 g/mol. The lowest BCUT2D eigenvalue weighted by molar-refractivity contribution is 0.295. The first-order valence-corrected chi connectivity index (χ1v) is 7.02. The number of nitrogens with one attached hydrogen (secondary N) is 1. The second-order valence-corrected chi connectivity index (χ2v) is 5.25. The van der Waals surface area contributed by atoms with Crippen LogP contribution in [-0.2, 0) is 6.54 Å². The Labute approximate surface area is 114 Å². The molecule has 3 rings (SSSR count). The Kier molecular flexibility index (Phi) is 3.65. The van der Waals surface area contributed by atoms with E-state index in [1.807, 2.05) is 19.3 Å². The summed E-state index contributed by atoms with van der Waals surface area (Å²) in [5, 5.41) is 5.53. The number of benzene rings is 1. The number of ether oxygens (including phenoxy) is 1. The smallest absolute Gasteiger partial charge is 0.221 e. The fraction of sp³-hybridized carbons (Fsp3) is 0.438. The highest BCUT2D eigenvalue weighted by Gasteiger charge is 2.21. The molecule has 3 heteroatoms. The molecule has 1 heterocycles. The SMILES string of the molecule is CNCc1cnc(OCCC2CC2)c2ccccc12. The summed E-state index contributed by atoms with van der Waals surface area (Å²) in [7, 11) is 1.95. The summed E-state index contributed by atoms with van der Waals surface area (Å²) in [5.74, 6) is 1.67. The molecule has 1 aliphatic rings. The van der Waals surface area contributed by atoms with Crippen LogP contribution in [0.25, 0.3) is 10.8 Å². The topological polar surface area (TPSA) is 34.2 Å². The molecule has 19 heavy (non-hydrogen) atoms. The normalized spacial score (nSPS) is 14.8. The number of rotatable bonds is 6. The molecule has 1 saturated carbocycles. The summed E-state index contributed by atoms with van der Waals surface area (Å²) in [6.45, 7) is 1.61. The van der Waals surface area contributed by atoms with Crippen molar-refractivity contribution in [2.45, 2.75) is 25.8 Å². The van der Waals surface area contributed by atoms with E-state index < -0.39 is 0 Å². The van der Waals surface area contributed by atoms with Gasteiger partial charge in [0.25, 0.3) is 0 Å². The number of hydrogen-bond acceptors (Lipinski definition) is 3. The zero-order valence-electron chi connectivity index (χ0n) is 11.4. The fourth-order valence-corrected chi connectivity index (χ4v) is 2.40. The molecular weight excluding hydrogens is 236 g/mol. The number of aromatic nitrogens is 1. The minimum absolute atomic E-state index is 0.774. The maximum Gasteiger partial charge on any atom is 0.221 e. The number of fused-ring (bicyclic) bond motifs is 1. The van der Waals surface area contributed by atoms with Crippen LogP contribution in [0.5, 0.6) is 5.88 Å². The largest absolute Gasteiger partial charge is 0.477 e. The van der Waals surface area contributed by atoms with Crippen molar-refractivity contribution in [2.75, 3.05) is 13.7 Å². The van der Waals surface area contributed by atoms with Crippen LogP contribution in [0.4, 0.5) is 0 Å². The summed E-state index contributed by atoms with van der Waals surface area (Å²) in [6, 6.07) is 8.34. The molecule has 1 aliphatic carbocycles. The van der Waals surface area contributed by atoms with Gasteiger partial charge in [-0.15, -0.1) is 0 Å². The predicted octanol–water partition coefficient (Wildman–Crippen LogP) is 3.13. The van der Waals surface area contributed by atoms with E-state index in [4.69, 9.17) is 4.74 Å². The van der Waals surface area contributed by atoms with Crippen LogP contribution in [0.2, 0.25) is 0 Å². The van der Waals surface area contributed by atoms with Gasteiger partial charge in [0.2, 0.25) is 5.88 Å². The van der Waals surface area contributed by atoms with Gasteiger partial charge < -0.3 is 10.1 Å². The molecule has 0 unspecified atom stereocenters. The lowest BCUT2D eigenvalue weighted by Gasteiger charge is -2.11. The quantitative estimate of drug-likeness (QED) is 0.862. The van der Waals surface area contributed by atoms with Gasteiger partial charge in [0.15, 0.2) is 0 Å². The van der Waals surface area contributed by atoms with Gasteiger partial charge in [0, 0.05) is 18.1 Å². The minimum Gasteiger partial charge on any atom is -0.477 e. The van der Waals surface area contributed by atoms with Gasteiger partial charge in [-0.25, -0.2) is 4.98 Å². The Balaban J connectivity index is 1.84. The van der Waals surface area contributed by atoms with E-state index in [9.17, 15) is 0 Å². The number of nitrogens with zero attached hydrogens (tertiary/aromatic N) is 1. The van der Waals surface area contributed by atoms with E-state index in [0.717, 1.165) is 36.8 Å². The Bertz CT molecular complexity index is 564. The summed E-state index contributed by atoms with van der Waals surface area (Å²) < 4.78 is 5.87. The third kappa shape index (κ3) is 2.87. The lowest BCUT2D eigenvalue weighted by Crippen LogP contribution is -2.07. The van der Waals surface area contributed by atoms with E-state index >= 15 is 0 Å². The highest BCUT2D eigenvalue weighted by atomic mass is 16.5. The van der Waals surface area contributed by atoms with E-state index in [-0.39, 0.29) is 0 Å². The maximum atomic E-state index is 5.87. The van der Waals surface area contributed by atoms with Gasteiger partial charge >= 0.3 is 0 Å². The van der Waals surface area contributed by atoms with E-state index in [0.29, 0.717) is 0 Å². The molecule has 0 spiro atoms. The van der Waals surface area contributed by atoms with Gasteiger partial charge in [-0.3, -0.25) is 0 Å². The van der Waals surface area contributed by atoms with Gasteiger partial charge in [0.05, 0.1) is 6.61 Å². The zero-order valence-corrected chi connectivity index (χ0v) is 11.4. The molecular formula is C16H20N2O. The van der Waals surface area contributed by atoms with Crippen LogP contribution < -0.4 is 10.1 Å². The summed E-state index contributed by atoms with van der Waals surface area (Å²) in [6.07, 6.45) is 5.83. The first-order chi connectivity index (χ1) is 9.38. The Hall–Kier alpha value is -1.61. The van der Waals surface area contributed by atoms with E-state index in [2.05, 4.69) is 28.5 Å². The van der Waals surface area contributed by atoms with Crippen LogP contribution in [0, 0.1) is 5.92 Å². The predicted molar refractivity (Wildman–Crippen MR) is 77.3 cm³/mol. The van der Waals surface area contributed by atoms with Crippen LogP contribution in [-0.4, -0.2) is 18.6 Å². The number of pyridine rings is 1. The molecule has 0 aliphatic heterocycles. The zero-order chi connectivity index (χ0) is 13.1. The Morgan fingerprint density at radius 2 is 2.05 bits per heavy atom. The Morgan fingerprint density at radius 3 is 2.79 bits per heavy atom. The minimum atomic E-state index is 0.774. The molecule has 3 nitrogen and oxygen atoms in total. The van der Waals surface area contributed by atoms with Crippen LogP contribution in [0.1, 0.15) is 24.8 Å². The van der Waals surface area contributed by atoms with Crippen molar-refractivity contribution in [3.8, 4) is 5.88 Å². The summed E-state index contributed by atoms with van der Waals surface area (Å²) in [5.41, 5.74) is 1.22. The van der Waals surface area contributed by atoms with Gasteiger partial charge in [0.1, 0.15) is 0 Å². The maximum absolute atomic E-state index is 5.87. The van der Waals surface area contributed by atoms with Gasteiger partial charge in [-0.2, -0.15) is 0 Å². The van der Waals surface area contributed by atoms with E-state index in [1.165, 1.54) is 23.8 Å². The molecule has 1 fully saturated rings. The van der Waals surface area contributed by atoms with Crippen LogP contribution >= 0.6 is 0 Å². The molecule has 1 N–H and O–H groups in total. The fourth-order valence-electron chi connectivity index (χ4n) is 2.40. The highest BCUT2D eigenvalue weighted by molar-refractivity contribution is 5.89. The molecule has 1 aromatic heterocycles. The number of hydrogen-bond donors (Lipinski definition) is 1. The van der Waals surface area contributed by atoms with Crippen molar-refractivity contribution in [1.82, 2.24) is 10.3 Å². The van der Waals surface area contributed by atoms with Gasteiger partial charge in [-0.05, 0) is 36.4 Å². The van der Waals surface area contributed by atoms with Gasteiger partial charge in [-0.1, -0.05) is 31.0 Å². The third-order valence-corrected chi connectivity index (χ3v) is 3.67. The molecule has 0 radical (unpaired) electrons. The van der Waals surface area contributed by atoms with Crippen molar-refractivity contribution >= 4 is 10.8 Å². The van der Waals surface area contributed by atoms with Crippen molar-refractivity contribution in [2.24, 2.45) is 5.92 Å². The highest BCUT2D eigenvalue weighted by Crippen LogP contribution is 2.33. The van der Waals surface area contributed by atoms with Crippen molar-refractivity contribution in [1.29, 1.82) is 0 Å². The second kappa shape index (κ2) is 5.57. The van der Waals surface area contributed by atoms with Crippen molar-refractivity contribution in [3.63, 3.8) is 0 Å². The first-order valence-electron chi connectivity index (χ1n) is 7.02. The third-order valence-electron chi connectivity index (χ3n) is 3.67. The molecule has 0 saturated heterocycles. The Morgan fingerprint density at radius 1 is 1.26 bits per heavy atom. The monoisotopic (exact) mass is 256 g/mol.